The van der Waals surface area contributed by atoms with Gasteiger partial charge in [0.05, 0.1) is 39.8 Å². The molecule has 0 radical (unpaired) electrons. The van der Waals surface area contributed by atoms with Crippen molar-refractivity contribution in [3.63, 3.8) is 0 Å². The van der Waals surface area contributed by atoms with Crippen molar-refractivity contribution in [2.75, 3.05) is 32.8 Å². The molecule has 1 aliphatic heterocycles. The van der Waals surface area contributed by atoms with E-state index < -0.39 is 7.60 Å². The average molecular weight is 486 g/mol. The topological polar surface area (TPSA) is 109 Å². The first-order valence-corrected chi connectivity index (χ1v) is 12.7. The van der Waals surface area contributed by atoms with Gasteiger partial charge in [0.15, 0.2) is 17.3 Å². The summed E-state index contributed by atoms with van der Waals surface area (Å²) in [4.78, 5) is 12.5. The van der Waals surface area contributed by atoms with E-state index in [1.807, 2.05) is 24.3 Å². The molecule has 4 rings (SSSR count). The quantitative estimate of drug-likeness (QED) is 0.418. The van der Waals surface area contributed by atoms with Crippen LogP contribution in [0.2, 0.25) is 0 Å². The summed E-state index contributed by atoms with van der Waals surface area (Å²) in [5, 5.41) is 6.78. The largest absolute Gasteiger partial charge is 0.493 e. The van der Waals surface area contributed by atoms with E-state index >= 15 is 0 Å². The summed E-state index contributed by atoms with van der Waals surface area (Å²) in [5.74, 6) is 1.64. The zero-order valence-corrected chi connectivity index (χ0v) is 20.0. The maximum absolute atomic E-state index is 12.5. The lowest BCUT2D eigenvalue weighted by molar-refractivity contribution is -0.116. The molecular formula is C24H27N2O7P. The molecule has 1 fully saturated rings. The van der Waals surface area contributed by atoms with Crippen LogP contribution in [0.1, 0.15) is 24.0 Å². The monoisotopic (exact) mass is 486 g/mol. The van der Waals surface area contributed by atoms with Gasteiger partial charge in [-0.15, -0.1) is 0 Å². The van der Waals surface area contributed by atoms with Crippen LogP contribution in [0.4, 0.5) is 5.69 Å². The van der Waals surface area contributed by atoms with Gasteiger partial charge < -0.3 is 28.4 Å². The third-order valence-electron chi connectivity index (χ3n) is 5.39. The molecule has 2 aromatic carbocycles. The molecule has 3 aromatic rings. The second kappa shape index (κ2) is 10.9. The molecule has 1 amide bonds. The van der Waals surface area contributed by atoms with Crippen molar-refractivity contribution in [1.29, 1.82) is 0 Å². The minimum Gasteiger partial charge on any atom is -0.493 e. The summed E-state index contributed by atoms with van der Waals surface area (Å²) < 4.78 is 39.3. The van der Waals surface area contributed by atoms with Crippen LogP contribution in [0.5, 0.6) is 11.5 Å². The van der Waals surface area contributed by atoms with E-state index in [9.17, 15) is 9.36 Å². The number of hydrogen-bond acceptors (Lipinski definition) is 8. The second-order valence-corrected chi connectivity index (χ2v) is 9.84. The SMILES string of the molecule is COc1ccc(-c2oncc2CCC(=O)Nc2ccc(CP3(=O)OCCCO3)cc2)cc1OC. The van der Waals surface area contributed by atoms with Gasteiger partial charge in [-0.1, -0.05) is 17.3 Å². The Morgan fingerprint density at radius 1 is 1.06 bits per heavy atom. The minimum absolute atomic E-state index is 0.140. The summed E-state index contributed by atoms with van der Waals surface area (Å²) in [7, 11) is 0.0675. The van der Waals surface area contributed by atoms with Crippen LogP contribution in [-0.2, 0) is 31.0 Å². The molecule has 0 aliphatic carbocycles. The van der Waals surface area contributed by atoms with Crippen LogP contribution in [-0.4, -0.2) is 38.5 Å². The lowest BCUT2D eigenvalue weighted by Gasteiger charge is -2.22. The van der Waals surface area contributed by atoms with Gasteiger partial charge in [-0.2, -0.15) is 0 Å². The number of carbonyl (C=O) groups is 1. The van der Waals surface area contributed by atoms with Gasteiger partial charge in [0, 0.05) is 23.2 Å². The van der Waals surface area contributed by atoms with E-state index in [1.54, 1.807) is 38.6 Å². The number of amides is 1. The van der Waals surface area contributed by atoms with Crippen LogP contribution in [0.3, 0.4) is 0 Å². The number of aryl methyl sites for hydroxylation is 1. The van der Waals surface area contributed by atoms with Gasteiger partial charge in [0.1, 0.15) is 0 Å². The van der Waals surface area contributed by atoms with Crippen molar-refractivity contribution in [2.24, 2.45) is 0 Å². The molecule has 34 heavy (non-hydrogen) atoms. The first kappa shape index (κ1) is 24.0. The lowest BCUT2D eigenvalue weighted by Crippen LogP contribution is -2.12. The smallest absolute Gasteiger partial charge is 0.335 e. The van der Waals surface area contributed by atoms with Crippen molar-refractivity contribution in [2.45, 2.75) is 25.4 Å². The molecule has 0 bridgehead atoms. The van der Waals surface area contributed by atoms with Gasteiger partial charge in [0.2, 0.25) is 5.91 Å². The van der Waals surface area contributed by atoms with Crippen LogP contribution in [0.15, 0.2) is 53.2 Å². The number of rotatable bonds is 9. The molecular weight excluding hydrogens is 459 g/mol. The van der Waals surface area contributed by atoms with E-state index in [4.69, 9.17) is 23.0 Å². The summed E-state index contributed by atoms with van der Waals surface area (Å²) in [6, 6.07) is 12.6. The number of nitrogens with one attached hydrogen (secondary N) is 1. The molecule has 1 aliphatic rings. The molecule has 9 nitrogen and oxygen atoms in total. The highest BCUT2D eigenvalue weighted by Gasteiger charge is 2.28. The molecule has 0 atom stereocenters. The Kier molecular flexibility index (Phi) is 7.67. The molecule has 1 saturated heterocycles. The lowest BCUT2D eigenvalue weighted by atomic mass is 10.0. The van der Waals surface area contributed by atoms with E-state index in [2.05, 4.69) is 10.5 Å². The maximum Gasteiger partial charge on any atom is 0.335 e. The third kappa shape index (κ3) is 5.86. The van der Waals surface area contributed by atoms with Crippen LogP contribution in [0.25, 0.3) is 11.3 Å². The Morgan fingerprint density at radius 2 is 1.79 bits per heavy atom. The summed E-state index contributed by atoms with van der Waals surface area (Å²) in [6.45, 7) is 0.899. The fourth-order valence-electron chi connectivity index (χ4n) is 3.64. The highest BCUT2D eigenvalue weighted by atomic mass is 31.2. The van der Waals surface area contributed by atoms with Crippen molar-refractivity contribution in [1.82, 2.24) is 5.16 Å². The van der Waals surface area contributed by atoms with Crippen molar-refractivity contribution < 1.29 is 32.4 Å². The molecule has 1 aromatic heterocycles. The number of methoxy groups -OCH3 is 2. The standard InChI is InChI=1S/C24H27N2O7P/c1-29-21-10-6-18(14-22(21)30-2)24-19(15-25-33-24)7-11-23(27)26-20-8-4-17(5-9-20)16-34(28)31-12-3-13-32-34/h4-6,8-10,14-15H,3,7,11-13,16H2,1-2H3,(H,26,27). The van der Waals surface area contributed by atoms with Crippen molar-refractivity contribution in [3.05, 3.63) is 59.8 Å². The molecule has 0 spiro atoms. The third-order valence-corrected chi connectivity index (χ3v) is 7.29. The van der Waals surface area contributed by atoms with E-state index in [-0.39, 0.29) is 18.5 Å². The molecule has 1 N–H and O–H groups in total. The minimum atomic E-state index is -3.07. The van der Waals surface area contributed by atoms with E-state index in [0.717, 1.165) is 23.1 Å². The number of anilines is 1. The van der Waals surface area contributed by atoms with Crippen LogP contribution in [0, 0.1) is 0 Å². The van der Waals surface area contributed by atoms with Gasteiger partial charge in [-0.25, -0.2) is 0 Å². The normalized spacial score (nSPS) is 15.0. The Hall–Kier alpha value is -3.13. The van der Waals surface area contributed by atoms with Gasteiger partial charge in [-0.3, -0.25) is 9.36 Å². The summed E-state index contributed by atoms with van der Waals surface area (Å²) in [5.41, 5.74) is 3.08. The number of aromatic nitrogens is 1. The maximum atomic E-state index is 12.5. The second-order valence-electron chi connectivity index (χ2n) is 7.78. The van der Waals surface area contributed by atoms with Gasteiger partial charge in [-0.05, 0) is 48.7 Å². The van der Waals surface area contributed by atoms with Gasteiger partial charge >= 0.3 is 7.60 Å². The molecule has 2 heterocycles. The Morgan fingerprint density at radius 3 is 2.50 bits per heavy atom. The highest BCUT2D eigenvalue weighted by Crippen LogP contribution is 2.53. The summed E-state index contributed by atoms with van der Waals surface area (Å²) >= 11 is 0. The zero-order valence-electron chi connectivity index (χ0n) is 19.1. The average Bonchev–Trinajstić information content (AvgIpc) is 3.32. The van der Waals surface area contributed by atoms with Gasteiger partial charge in [0.25, 0.3) is 0 Å². The Balaban J connectivity index is 1.34. The predicted molar refractivity (Wildman–Crippen MR) is 126 cm³/mol. The molecule has 10 heteroatoms. The fraction of sp³-hybridized carbons (Fsp3) is 0.333. The van der Waals surface area contributed by atoms with Crippen LogP contribution >= 0.6 is 7.60 Å². The van der Waals surface area contributed by atoms with E-state index in [1.165, 1.54) is 0 Å². The number of hydrogen-bond donors (Lipinski definition) is 1. The summed E-state index contributed by atoms with van der Waals surface area (Å²) in [6.07, 6.45) is 3.29. The highest BCUT2D eigenvalue weighted by molar-refractivity contribution is 7.53. The molecule has 180 valence electrons. The van der Waals surface area contributed by atoms with Crippen molar-refractivity contribution in [3.8, 4) is 22.8 Å². The number of carbonyl (C=O) groups excluding carboxylic acids is 1. The Labute approximate surface area is 197 Å². The first-order chi connectivity index (χ1) is 16.5. The predicted octanol–water partition coefficient (Wildman–Crippen LogP) is 5.06. The number of benzene rings is 2. The fourth-order valence-corrected chi connectivity index (χ4v) is 5.37. The first-order valence-electron chi connectivity index (χ1n) is 10.9. The number of ether oxygens (including phenoxy) is 2. The Bertz CT molecular complexity index is 1170. The molecule has 0 unspecified atom stereocenters. The molecule has 0 saturated carbocycles. The number of nitrogens with zero attached hydrogens (tertiary/aromatic N) is 1. The van der Waals surface area contributed by atoms with Crippen LogP contribution < -0.4 is 14.8 Å². The van der Waals surface area contributed by atoms with Crippen molar-refractivity contribution >= 4 is 19.2 Å². The zero-order chi connectivity index (χ0) is 24.0. The van der Waals surface area contributed by atoms with E-state index in [0.29, 0.717) is 42.6 Å².